The molecular formula is C26H36N2O4S. The molecule has 1 aromatic carbocycles. The predicted octanol–water partition coefficient (Wildman–Crippen LogP) is 3.87. The normalized spacial score (nSPS) is 16.7. The maximum Gasteiger partial charge on any atom is 0.237 e. The van der Waals surface area contributed by atoms with E-state index in [1.54, 1.807) is 24.5 Å². The van der Waals surface area contributed by atoms with E-state index in [0.29, 0.717) is 32.2 Å². The highest BCUT2D eigenvalue weighted by molar-refractivity contribution is 7.10. The van der Waals surface area contributed by atoms with Crippen LogP contribution < -0.4 is 4.74 Å². The summed E-state index contributed by atoms with van der Waals surface area (Å²) in [6, 6.07) is 10.2. The zero-order valence-electron chi connectivity index (χ0n) is 19.9. The number of hydrogen-bond acceptors (Lipinski definition) is 6. The molecule has 0 unspecified atom stereocenters. The number of aliphatic hydroxyl groups excluding tert-OH is 1. The van der Waals surface area contributed by atoms with Crippen LogP contribution in [-0.4, -0.2) is 73.4 Å². The van der Waals surface area contributed by atoms with Crippen molar-refractivity contribution in [1.82, 2.24) is 9.80 Å². The molecule has 6 nitrogen and oxygen atoms in total. The van der Waals surface area contributed by atoms with Gasteiger partial charge in [-0.2, -0.15) is 0 Å². The number of amides is 1. The molecule has 0 spiro atoms. The lowest BCUT2D eigenvalue weighted by Crippen LogP contribution is -2.48. The van der Waals surface area contributed by atoms with Gasteiger partial charge in [0.05, 0.1) is 25.3 Å². The maximum atomic E-state index is 13.4. The maximum absolute atomic E-state index is 13.4. The Bertz CT molecular complexity index is 896. The van der Waals surface area contributed by atoms with Gasteiger partial charge in [0.25, 0.3) is 0 Å². The summed E-state index contributed by atoms with van der Waals surface area (Å²) in [5, 5.41) is 12.2. The lowest BCUT2D eigenvalue weighted by molar-refractivity contribution is -0.136. The fraction of sp³-hybridized carbons (Fsp3) is 0.500. The van der Waals surface area contributed by atoms with Crippen molar-refractivity contribution in [3.8, 4) is 5.75 Å². The van der Waals surface area contributed by atoms with Gasteiger partial charge in [-0.25, -0.2) is 0 Å². The quantitative estimate of drug-likeness (QED) is 0.475. The van der Waals surface area contributed by atoms with Crippen LogP contribution in [0.3, 0.4) is 0 Å². The summed E-state index contributed by atoms with van der Waals surface area (Å²) in [7, 11) is 1.55. The van der Waals surface area contributed by atoms with E-state index < -0.39 is 6.10 Å². The van der Waals surface area contributed by atoms with E-state index >= 15 is 0 Å². The summed E-state index contributed by atoms with van der Waals surface area (Å²) in [4.78, 5) is 18.5. The molecule has 3 rings (SSSR count). The topological polar surface area (TPSA) is 62.2 Å². The molecule has 1 aliphatic heterocycles. The summed E-state index contributed by atoms with van der Waals surface area (Å²) in [5.41, 5.74) is 2.45. The molecule has 1 aromatic heterocycles. The van der Waals surface area contributed by atoms with Crippen molar-refractivity contribution >= 4 is 17.2 Å². The molecule has 1 amide bonds. The van der Waals surface area contributed by atoms with Crippen LogP contribution in [0.4, 0.5) is 0 Å². The summed E-state index contributed by atoms with van der Waals surface area (Å²) in [5.74, 6) is 1.31. The number of benzene rings is 1. The molecule has 1 aliphatic rings. The Morgan fingerprint density at radius 2 is 2.09 bits per heavy atom. The second kappa shape index (κ2) is 12.3. The molecule has 2 heterocycles. The zero-order chi connectivity index (χ0) is 23.8. The lowest BCUT2D eigenvalue weighted by atomic mass is 10.00. The van der Waals surface area contributed by atoms with Gasteiger partial charge in [-0.1, -0.05) is 32.1 Å². The smallest absolute Gasteiger partial charge is 0.237 e. The average molecular weight is 473 g/mol. The third-order valence-corrected chi connectivity index (χ3v) is 6.94. The van der Waals surface area contributed by atoms with Crippen LogP contribution in [0.2, 0.25) is 0 Å². The molecule has 2 aromatic rings. The van der Waals surface area contributed by atoms with Crippen LogP contribution in [0.1, 0.15) is 41.8 Å². The van der Waals surface area contributed by atoms with Gasteiger partial charge < -0.3 is 19.5 Å². The van der Waals surface area contributed by atoms with Crippen LogP contribution in [-0.2, 0) is 16.0 Å². The van der Waals surface area contributed by atoms with Crippen LogP contribution in [0.5, 0.6) is 5.75 Å². The molecule has 0 saturated heterocycles. The van der Waals surface area contributed by atoms with Gasteiger partial charge >= 0.3 is 0 Å². The third-order valence-electron chi connectivity index (χ3n) is 5.94. The first kappa shape index (κ1) is 25.4. The van der Waals surface area contributed by atoms with Crippen LogP contribution >= 0.6 is 11.3 Å². The molecule has 0 aliphatic carbocycles. The highest BCUT2D eigenvalue weighted by Gasteiger charge is 2.33. The number of rotatable bonds is 12. The van der Waals surface area contributed by atoms with Crippen molar-refractivity contribution in [2.45, 2.75) is 38.3 Å². The first-order chi connectivity index (χ1) is 15.9. The molecule has 33 heavy (non-hydrogen) atoms. The molecule has 0 radical (unpaired) electrons. The van der Waals surface area contributed by atoms with Crippen molar-refractivity contribution in [2.24, 2.45) is 0 Å². The molecule has 180 valence electrons. The van der Waals surface area contributed by atoms with E-state index in [2.05, 4.69) is 44.0 Å². The van der Waals surface area contributed by atoms with Gasteiger partial charge in [0.15, 0.2) is 0 Å². The van der Waals surface area contributed by atoms with Gasteiger partial charge in [-0.05, 0) is 47.0 Å². The number of methoxy groups -OCH3 is 1. The number of aliphatic hydroxyl groups is 1. The van der Waals surface area contributed by atoms with E-state index in [-0.39, 0.29) is 25.1 Å². The number of hydrogen-bond donors (Lipinski definition) is 1. The van der Waals surface area contributed by atoms with Gasteiger partial charge in [-0.15, -0.1) is 17.9 Å². The van der Waals surface area contributed by atoms with Crippen molar-refractivity contribution < 1.29 is 19.4 Å². The second-order valence-electron chi connectivity index (χ2n) is 8.78. The number of ether oxygens (including phenoxy) is 2. The van der Waals surface area contributed by atoms with Crippen molar-refractivity contribution in [2.75, 3.05) is 46.5 Å². The van der Waals surface area contributed by atoms with Gasteiger partial charge in [0.1, 0.15) is 12.4 Å². The Hall–Kier alpha value is -2.19. The average Bonchev–Trinajstić information content (AvgIpc) is 3.27. The van der Waals surface area contributed by atoms with E-state index in [4.69, 9.17) is 9.47 Å². The largest absolute Gasteiger partial charge is 0.491 e. The number of carbonyl (C=O) groups excluding carboxylic acids is 1. The number of thiophene rings is 1. The Labute approximate surface area is 201 Å². The van der Waals surface area contributed by atoms with Crippen LogP contribution in [0.25, 0.3) is 0 Å². The highest BCUT2D eigenvalue weighted by Crippen LogP contribution is 2.34. The first-order valence-corrected chi connectivity index (χ1v) is 12.4. The SMILES string of the molecule is C=CCN(CC(=O)N1CCc2sccc2[C@H]1COc1ccc(C(C)C)cc1)C[C@H](O)COC. The summed E-state index contributed by atoms with van der Waals surface area (Å²) < 4.78 is 11.2. The first-order valence-electron chi connectivity index (χ1n) is 11.5. The van der Waals surface area contributed by atoms with E-state index in [1.807, 2.05) is 21.9 Å². The summed E-state index contributed by atoms with van der Waals surface area (Å²) in [6.07, 6.45) is 1.95. The third kappa shape index (κ3) is 6.90. The van der Waals surface area contributed by atoms with Crippen LogP contribution in [0, 0.1) is 0 Å². The number of carbonyl (C=O) groups is 1. The fourth-order valence-electron chi connectivity index (χ4n) is 4.21. The van der Waals surface area contributed by atoms with Gasteiger partial charge in [0, 0.05) is 31.6 Å². The second-order valence-corrected chi connectivity index (χ2v) is 9.78. The molecule has 2 atom stereocenters. The predicted molar refractivity (Wildman–Crippen MR) is 133 cm³/mol. The highest BCUT2D eigenvalue weighted by atomic mass is 32.1. The summed E-state index contributed by atoms with van der Waals surface area (Å²) >= 11 is 1.74. The number of fused-ring (bicyclic) bond motifs is 1. The molecule has 1 N–H and O–H groups in total. The Morgan fingerprint density at radius 3 is 2.76 bits per heavy atom. The van der Waals surface area contributed by atoms with E-state index in [0.717, 1.165) is 12.2 Å². The van der Waals surface area contributed by atoms with Gasteiger partial charge in [-0.3, -0.25) is 9.69 Å². The fourth-order valence-corrected chi connectivity index (χ4v) is 5.14. The molecule has 7 heteroatoms. The minimum Gasteiger partial charge on any atom is -0.491 e. The van der Waals surface area contributed by atoms with Crippen LogP contribution in [0.15, 0.2) is 48.4 Å². The summed E-state index contributed by atoms with van der Waals surface area (Å²) in [6.45, 7) is 10.5. The van der Waals surface area contributed by atoms with E-state index in [1.165, 1.54) is 16.0 Å². The standard InChI is InChI=1S/C26H36N2O4S/c1-5-12-27(15-21(29)17-31-4)16-26(30)28-13-10-25-23(11-14-33-25)24(28)18-32-22-8-6-20(7-9-22)19(2)3/h5-9,11,14,19,21,24,29H,1,10,12-13,15-18H2,2-4H3/t21-,24+/m0/s1. The lowest BCUT2D eigenvalue weighted by Gasteiger charge is -2.37. The molecule has 0 fully saturated rings. The monoisotopic (exact) mass is 472 g/mol. The minimum atomic E-state index is -0.652. The van der Waals surface area contributed by atoms with Gasteiger partial charge in [0.2, 0.25) is 5.91 Å². The molecule has 0 saturated carbocycles. The Kier molecular flexibility index (Phi) is 9.50. The van der Waals surface area contributed by atoms with E-state index in [9.17, 15) is 9.90 Å². The Morgan fingerprint density at radius 1 is 1.33 bits per heavy atom. The van der Waals surface area contributed by atoms with Crippen molar-refractivity contribution in [1.29, 1.82) is 0 Å². The number of nitrogens with zero attached hydrogens (tertiary/aromatic N) is 2. The zero-order valence-corrected chi connectivity index (χ0v) is 20.7. The molecular weight excluding hydrogens is 436 g/mol. The minimum absolute atomic E-state index is 0.0297. The molecule has 0 bridgehead atoms. The Balaban J connectivity index is 1.70. The van der Waals surface area contributed by atoms with Crippen molar-refractivity contribution in [3.63, 3.8) is 0 Å². The van der Waals surface area contributed by atoms with Crippen molar-refractivity contribution in [3.05, 3.63) is 64.4 Å².